The number of carboxylic acids is 2. The topological polar surface area (TPSA) is 237 Å². The molecule has 0 aliphatic carbocycles. The van der Waals surface area contributed by atoms with Crippen molar-refractivity contribution in [2.24, 2.45) is 5.73 Å². The molecule has 0 aliphatic heterocycles. The first-order valence-electron chi connectivity index (χ1n) is 8.79. The van der Waals surface area contributed by atoms with Crippen molar-refractivity contribution in [3.05, 3.63) is 18.2 Å². The smallest absolute Gasteiger partial charge is 0.326 e. The fourth-order valence-electron chi connectivity index (χ4n) is 2.24. The normalized spacial score (nSPS) is 13.5. The van der Waals surface area contributed by atoms with Crippen LogP contribution in [0.4, 0.5) is 0 Å². The van der Waals surface area contributed by atoms with Crippen LogP contribution in [0.15, 0.2) is 12.5 Å². The minimum absolute atomic E-state index is 0.0997. The van der Waals surface area contributed by atoms with Gasteiger partial charge >= 0.3 is 11.9 Å². The van der Waals surface area contributed by atoms with E-state index in [-0.39, 0.29) is 19.3 Å². The first-order chi connectivity index (χ1) is 14.1. The Morgan fingerprint density at radius 1 is 1.10 bits per heavy atom. The van der Waals surface area contributed by atoms with Gasteiger partial charge in [0.1, 0.15) is 12.1 Å². The number of rotatable bonds is 13. The predicted octanol–water partition coefficient (Wildman–Crippen LogP) is -3.69. The summed E-state index contributed by atoms with van der Waals surface area (Å²) >= 11 is 0. The van der Waals surface area contributed by atoms with Gasteiger partial charge in [0.05, 0.1) is 25.5 Å². The van der Waals surface area contributed by atoms with Gasteiger partial charge in [0.2, 0.25) is 17.7 Å². The molecular weight excluding hydrogens is 404 g/mol. The summed E-state index contributed by atoms with van der Waals surface area (Å²) < 4.78 is 0. The first-order valence-corrected chi connectivity index (χ1v) is 8.79. The van der Waals surface area contributed by atoms with Gasteiger partial charge in [0, 0.05) is 24.7 Å². The van der Waals surface area contributed by atoms with E-state index in [0.29, 0.717) is 5.69 Å². The Labute approximate surface area is 170 Å². The molecule has 3 unspecified atom stereocenters. The zero-order valence-corrected chi connectivity index (χ0v) is 15.8. The van der Waals surface area contributed by atoms with E-state index in [1.807, 2.05) is 0 Å². The van der Waals surface area contributed by atoms with E-state index in [1.54, 1.807) is 0 Å². The largest absolute Gasteiger partial charge is 0.481 e. The lowest BCUT2D eigenvalue weighted by Crippen LogP contribution is -2.55. The number of imidazole rings is 1. The van der Waals surface area contributed by atoms with Crippen molar-refractivity contribution in [1.82, 2.24) is 25.9 Å². The Balaban J connectivity index is 2.53. The molecule has 0 fully saturated rings. The maximum Gasteiger partial charge on any atom is 0.326 e. The number of carbonyl (C=O) groups excluding carboxylic acids is 3. The SMILES string of the molecule is NC(CCC(=O)O)C(=O)NCC(=O)NC(CO)C(=O)NC(Cc1cnc[nH]1)C(=O)O. The van der Waals surface area contributed by atoms with E-state index in [2.05, 4.69) is 25.9 Å². The Bertz CT molecular complexity index is 753. The number of amides is 3. The van der Waals surface area contributed by atoms with E-state index < -0.39 is 60.9 Å². The van der Waals surface area contributed by atoms with Crippen molar-refractivity contribution in [3.8, 4) is 0 Å². The third-order valence-electron chi connectivity index (χ3n) is 3.86. The van der Waals surface area contributed by atoms with Crippen molar-refractivity contribution in [2.75, 3.05) is 13.2 Å². The number of H-pyrrole nitrogens is 1. The minimum atomic E-state index is -1.46. The van der Waals surface area contributed by atoms with Gasteiger partial charge in [0.15, 0.2) is 0 Å². The Kier molecular flexibility index (Phi) is 9.91. The Hall–Kier alpha value is -3.52. The molecule has 9 N–H and O–H groups in total. The van der Waals surface area contributed by atoms with Gasteiger partial charge in [-0.3, -0.25) is 19.2 Å². The lowest BCUT2D eigenvalue weighted by Gasteiger charge is -2.20. The molecule has 30 heavy (non-hydrogen) atoms. The lowest BCUT2D eigenvalue weighted by molar-refractivity contribution is -0.142. The van der Waals surface area contributed by atoms with Crippen molar-refractivity contribution < 1.29 is 39.3 Å². The van der Waals surface area contributed by atoms with Crippen LogP contribution in [0.2, 0.25) is 0 Å². The fraction of sp³-hybridized carbons (Fsp3) is 0.500. The number of nitrogens with one attached hydrogen (secondary N) is 4. The summed E-state index contributed by atoms with van der Waals surface area (Å²) in [4.78, 5) is 64.1. The zero-order valence-electron chi connectivity index (χ0n) is 15.8. The molecule has 0 spiro atoms. The molecule has 14 nitrogen and oxygen atoms in total. The van der Waals surface area contributed by atoms with Crippen molar-refractivity contribution in [3.63, 3.8) is 0 Å². The van der Waals surface area contributed by atoms with Gasteiger partial charge < -0.3 is 42.0 Å². The highest BCUT2D eigenvalue weighted by molar-refractivity contribution is 5.92. The van der Waals surface area contributed by atoms with Gasteiger partial charge in [-0.15, -0.1) is 0 Å². The van der Waals surface area contributed by atoms with Gasteiger partial charge in [-0.2, -0.15) is 0 Å². The maximum atomic E-state index is 12.2. The third kappa shape index (κ3) is 8.66. The molecule has 1 aromatic rings. The van der Waals surface area contributed by atoms with E-state index in [1.165, 1.54) is 12.5 Å². The molecule has 0 saturated heterocycles. The summed E-state index contributed by atoms with van der Waals surface area (Å²) in [5.41, 5.74) is 5.95. The number of aromatic nitrogens is 2. The average molecular weight is 428 g/mol. The summed E-state index contributed by atoms with van der Waals surface area (Å²) in [6.45, 7) is -1.40. The van der Waals surface area contributed by atoms with E-state index in [9.17, 15) is 34.2 Å². The second-order valence-corrected chi connectivity index (χ2v) is 6.24. The zero-order chi connectivity index (χ0) is 22.7. The monoisotopic (exact) mass is 428 g/mol. The quantitative estimate of drug-likeness (QED) is 0.153. The molecule has 1 heterocycles. The highest BCUT2D eigenvalue weighted by Gasteiger charge is 2.27. The molecule has 0 radical (unpaired) electrons. The van der Waals surface area contributed by atoms with Crippen LogP contribution >= 0.6 is 0 Å². The number of hydrogen-bond donors (Lipinski definition) is 8. The van der Waals surface area contributed by atoms with Crippen molar-refractivity contribution in [2.45, 2.75) is 37.4 Å². The molecule has 166 valence electrons. The number of aliphatic hydroxyl groups excluding tert-OH is 1. The highest BCUT2D eigenvalue weighted by atomic mass is 16.4. The Morgan fingerprint density at radius 2 is 1.80 bits per heavy atom. The van der Waals surface area contributed by atoms with E-state index in [0.717, 1.165) is 0 Å². The van der Waals surface area contributed by atoms with Crippen LogP contribution in [-0.2, 0) is 30.4 Å². The second kappa shape index (κ2) is 12.1. The number of carbonyl (C=O) groups is 5. The highest BCUT2D eigenvalue weighted by Crippen LogP contribution is 2.00. The first kappa shape index (κ1) is 24.5. The number of nitrogens with two attached hydrogens (primary N) is 1. The van der Waals surface area contributed by atoms with E-state index >= 15 is 0 Å². The standard InChI is InChI=1S/C16H24N6O8/c17-9(1-2-13(25)26)14(27)19-5-12(24)21-11(6-23)15(28)22-10(16(29)30)3-8-4-18-7-20-8/h4,7,9-11,23H,1-3,5-6,17H2,(H,18,20)(H,19,27)(H,21,24)(H,22,28)(H,25,26)(H,29,30). The number of aliphatic hydroxyl groups is 1. The number of hydrogen-bond acceptors (Lipinski definition) is 8. The third-order valence-corrected chi connectivity index (χ3v) is 3.86. The number of carboxylic acid groups (broad SMARTS) is 2. The van der Waals surface area contributed by atoms with Crippen molar-refractivity contribution in [1.29, 1.82) is 0 Å². The van der Waals surface area contributed by atoms with Crippen LogP contribution < -0.4 is 21.7 Å². The predicted molar refractivity (Wildman–Crippen MR) is 98.7 cm³/mol. The van der Waals surface area contributed by atoms with Crippen LogP contribution in [0.25, 0.3) is 0 Å². The molecule has 3 amide bonds. The molecule has 0 bridgehead atoms. The maximum absolute atomic E-state index is 12.2. The van der Waals surface area contributed by atoms with Crippen LogP contribution in [0.1, 0.15) is 18.5 Å². The van der Waals surface area contributed by atoms with Gasteiger partial charge in [-0.25, -0.2) is 9.78 Å². The molecule has 1 rings (SSSR count). The van der Waals surface area contributed by atoms with Gasteiger partial charge in [0.25, 0.3) is 0 Å². The average Bonchev–Trinajstić information content (AvgIpc) is 3.20. The van der Waals surface area contributed by atoms with Crippen molar-refractivity contribution >= 4 is 29.7 Å². The molecule has 1 aromatic heterocycles. The molecule has 0 saturated carbocycles. The minimum Gasteiger partial charge on any atom is -0.481 e. The summed E-state index contributed by atoms with van der Waals surface area (Å²) in [6, 6.07) is -3.93. The molecule has 0 aromatic carbocycles. The second-order valence-electron chi connectivity index (χ2n) is 6.24. The molecule has 0 aliphatic rings. The summed E-state index contributed by atoms with van der Waals surface area (Å²) in [7, 11) is 0. The number of aromatic amines is 1. The van der Waals surface area contributed by atoms with Gasteiger partial charge in [-0.1, -0.05) is 0 Å². The summed E-state index contributed by atoms with van der Waals surface area (Å²) in [5.74, 6) is -5.00. The molecule has 14 heteroatoms. The fourth-order valence-corrected chi connectivity index (χ4v) is 2.24. The van der Waals surface area contributed by atoms with Crippen LogP contribution in [-0.4, -0.2) is 86.2 Å². The number of nitrogens with zero attached hydrogens (tertiary/aromatic N) is 1. The molecule has 3 atom stereocenters. The summed E-state index contributed by atoms with van der Waals surface area (Å²) in [6.07, 6.45) is 2.18. The van der Waals surface area contributed by atoms with Crippen LogP contribution in [0.5, 0.6) is 0 Å². The van der Waals surface area contributed by atoms with Gasteiger partial charge in [-0.05, 0) is 6.42 Å². The van der Waals surface area contributed by atoms with Crippen LogP contribution in [0.3, 0.4) is 0 Å². The van der Waals surface area contributed by atoms with Crippen LogP contribution in [0, 0.1) is 0 Å². The molecular formula is C16H24N6O8. The summed E-state index contributed by atoms with van der Waals surface area (Å²) in [5, 5.41) is 33.7. The number of aliphatic carboxylic acids is 2. The van der Waals surface area contributed by atoms with E-state index in [4.69, 9.17) is 10.8 Å². The lowest BCUT2D eigenvalue weighted by atomic mass is 10.1. The Morgan fingerprint density at radius 3 is 2.33 bits per heavy atom.